The van der Waals surface area contributed by atoms with Gasteiger partial charge in [0.1, 0.15) is 5.82 Å². The van der Waals surface area contributed by atoms with E-state index in [1.54, 1.807) is 13.1 Å². The van der Waals surface area contributed by atoms with Crippen LogP contribution in [0.25, 0.3) is 0 Å². The third-order valence-corrected chi connectivity index (χ3v) is 4.79. The summed E-state index contributed by atoms with van der Waals surface area (Å²) in [4.78, 5) is 50.2. The number of aliphatic carboxylic acids is 1. The SMILES string of the molecule is Cc1ccc(C(CC(=O)O)NC(=O)CNC(=O)CCCCNc2ccccn2)cc1[N+](=O)[O-].[Na]. The average molecular weight is 480 g/mol. The largest absolute Gasteiger partial charge is 0.481 e. The van der Waals surface area contributed by atoms with Crippen LogP contribution in [0.5, 0.6) is 0 Å². The molecule has 2 aromatic rings. The number of anilines is 1. The third kappa shape index (κ3) is 10.3. The van der Waals surface area contributed by atoms with Crippen LogP contribution in [-0.2, 0) is 14.4 Å². The molecule has 0 aliphatic carbocycles. The number of nitrogens with zero attached hydrogens (tertiary/aromatic N) is 2. The number of nitrogens with one attached hydrogen (secondary N) is 3. The van der Waals surface area contributed by atoms with Crippen molar-refractivity contribution in [1.29, 1.82) is 0 Å². The average Bonchev–Trinajstić information content (AvgIpc) is 2.77. The number of unbranched alkanes of at least 4 members (excludes halogenated alkanes) is 1. The van der Waals surface area contributed by atoms with Gasteiger partial charge in [0.05, 0.1) is 23.9 Å². The monoisotopic (exact) mass is 480 g/mol. The fourth-order valence-corrected chi connectivity index (χ4v) is 3.07. The third-order valence-electron chi connectivity index (χ3n) is 4.79. The Morgan fingerprint density at radius 3 is 2.56 bits per heavy atom. The zero-order valence-corrected chi connectivity index (χ0v) is 21.2. The Bertz CT molecular complexity index is 989. The van der Waals surface area contributed by atoms with Gasteiger partial charge in [0.15, 0.2) is 0 Å². The Morgan fingerprint density at radius 1 is 1.15 bits per heavy atom. The number of pyridine rings is 1. The van der Waals surface area contributed by atoms with Gasteiger partial charge in [0.2, 0.25) is 11.8 Å². The number of carboxylic acids is 1. The van der Waals surface area contributed by atoms with E-state index in [0.29, 0.717) is 24.1 Å². The van der Waals surface area contributed by atoms with Crippen molar-refractivity contribution in [3.8, 4) is 0 Å². The number of carboxylic acid groups (broad SMARTS) is 1. The van der Waals surface area contributed by atoms with E-state index in [9.17, 15) is 24.5 Å². The van der Waals surface area contributed by atoms with E-state index in [1.165, 1.54) is 18.2 Å². The minimum Gasteiger partial charge on any atom is -0.481 e. The fraction of sp³-hybridized carbons (Fsp3) is 0.364. The molecule has 1 atom stereocenters. The molecule has 0 spiro atoms. The van der Waals surface area contributed by atoms with E-state index in [0.717, 1.165) is 12.2 Å². The predicted octanol–water partition coefficient (Wildman–Crippen LogP) is 1.95. The van der Waals surface area contributed by atoms with Crippen LogP contribution in [0.2, 0.25) is 0 Å². The van der Waals surface area contributed by atoms with Crippen LogP contribution in [-0.4, -0.2) is 75.4 Å². The number of benzene rings is 1. The molecule has 0 fully saturated rings. The second kappa shape index (κ2) is 15.0. The Hall–Kier alpha value is -3.02. The normalized spacial score (nSPS) is 11.0. The van der Waals surface area contributed by atoms with Crippen LogP contribution in [0.15, 0.2) is 42.6 Å². The van der Waals surface area contributed by atoms with Crippen molar-refractivity contribution in [2.24, 2.45) is 0 Å². The summed E-state index contributed by atoms with van der Waals surface area (Å²) in [7, 11) is 0. The Kier molecular flexibility index (Phi) is 12.8. The zero-order valence-electron chi connectivity index (χ0n) is 19.2. The van der Waals surface area contributed by atoms with Crippen molar-refractivity contribution in [2.45, 2.75) is 38.6 Å². The topological polar surface area (TPSA) is 164 Å². The van der Waals surface area contributed by atoms with E-state index in [4.69, 9.17) is 5.11 Å². The number of hydrogen-bond acceptors (Lipinski definition) is 7. The Labute approximate surface area is 219 Å². The molecule has 4 N–H and O–H groups in total. The van der Waals surface area contributed by atoms with Gasteiger partial charge in [0, 0.05) is 60.3 Å². The molecule has 177 valence electrons. The van der Waals surface area contributed by atoms with E-state index in [1.807, 2.05) is 18.2 Å². The van der Waals surface area contributed by atoms with Gasteiger partial charge in [-0.05, 0) is 37.5 Å². The van der Waals surface area contributed by atoms with Gasteiger partial charge in [-0.25, -0.2) is 4.98 Å². The molecule has 1 heterocycles. The summed E-state index contributed by atoms with van der Waals surface area (Å²) < 4.78 is 0. The molecule has 1 aromatic carbocycles. The number of hydrogen-bond donors (Lipinski definition) is 4. The summed E-state index contributed by atoms with van der Waals surface area (Å²) in [6.45, 7) is 1.90. The van der Waals surface area contributed by atoms with Crippen LogP contribution in [0.1, 0.15) is 42.9 Å². The summed E-state index contributed by atoms with van der Waals surface area (Å²) in [5.74, 6) is -1.31. The summed E-state index contributed by atoms with van der Waals surface area (Å²) in [5, 5.41) is 28.5. The van der Waals surface area contributed by atoms with Gasteiger partial charge in [0.25, 0.3) is 5.69 Å². The Morgan fingerprint density at radius 2 is 1.91 bits per heavy atom. The first-order chi connectivity index (χ1) is 15.8. The van der Waals surface area contributed by atoms with Gasteiger partial charge >= 0.3 is 5.97 Å². The number of aryl methyl sites for hydroxylation is 1. The van der Waals surface area contributed by atoms with Crippen LogP contribution >= 0.6 is 0 Å². The molecule has 0 aliphatic heterocycles. The van der Waals surface area contributed by atoms with Crippen molar-refractivity contribution in [3.63, 3.8) is 0 Å². The van der Waals surface area contributed by atoms with Crippen molar-refractivity contribution >= 4 is 58.8 Å². The number of aromatic nitrogens is 1. The molecule has 12 heteroatoms. The van der Waals surface area contributed by atoms with Crippen molar-refractivity contribution in [2.75, 3.05) is 18.4 Å². The molecular weight excluding hydrogens is 453 g/mol. The van der Waals surface area contributed by atoms with Crippen molar-refractivity contribution in [3.05, 3.63) is 63.8 Å². The quantitative estimate of drug-likeness (QED) is 0.146. The number of nitro groups is 1. The minimum atomic E-state index is -1.17. The van der Waals surface area contributed by atoms with E-state index < -0.39 is 29.3 Å². The van der Waals surface area contributed by atoms with Crippen LogP contribution in [0, 0.1) is 17.0 Å². The van der Waals surface area contributed by atoms with E-state index in [2.05, 4.69) is 20.9 Å². The number of rotatable bonds is 13. The Balaban J connectivity index is 0.00000578. The molecule has 1 unspecified atom stereocenters. The molecule has 2 amide bonds. The van der Waals surface area contributed by atoms with Crippen LogP contribution < -0.4 is 16.0 Å². The smallest absolute Gasteiger partial charge is 0.305 e. The fourth-order valence-electron chi connectivity index (χ4n) is 3.07. The maximum atomic E-state index is 12.3. The predicted molar refractivity (Wildman–Crippen MR) is 126 cm³/mol. The minimum absolute atomic E-state index is 0. The van der Waals surface area contributed by atoms with Crippen molar-refractivity contribution in [1.82, 2.24) is 15.6 Å². The van der Waals surface area contributed by atoms with Crippen molar-refractivity contribution < 1.29 is 24.4 Å². The maximum absolute atomic E-state index is 12.3. The molecule has 1 aromatic heterocycles. The zero-order chi connectivity index (χ0) is 24.2. The molecule has 2 rings (SSSR count). The van der Waals surface area contributed by atoms with E-state index in [-0.39, 0.29) is 54.1 Å². The molecule has 0 saturated heterocycles. The van der Waals surface area contributed by atoms with Crippen LogP contribution in [0.3, 0.4) is 0 Å². The molecule has 0 aliphatic rings. The number of nitro benzene ring substituents is 1. The molecule has 34 heavy (non-hydrogen) atoms. The first kappa shape index (κ1) is 29.0. The first-order valence-electron chi connectivity index (χ1n) is 10.4. The molecule has 0 bridgehead atoms. The van der Waals surface area contributed by atoms with Gasteiger partial charge in [-0.3, -0.25) is 24.5 Å². The van der Waals surface area contributed by atoms with Gasteiger partial charge in [-0.15, -0.1) is 0 Å². The molecule has 1 radical (unpaired) electrons. The summed E-state index contributed by atoms with van der Waals surface area (Å²) in [6, 6.07) is 8.85. The van der Waals surface area contributed by atoms with Gasteiger partial charge < -0.3 is 21.1 Å². The summed E-state index contributed by atoms with van der Waals surface area (Å²) >= 11 is 0. The van der Waals surface area contributed by atoms with Gasteiger partial charge in [-0.2, -0.15) is 0 Å². The maximum Gasteiger partial charge on any atom is 0.305 e. The molecule has 11 nitrogen and oxygen atoms in total. The standard InChI is InChI=1S/C22H27N5O6.Na/c1-15-8-9-16(12-18(15)27(32)33)17(13-22(30)31)26-21(29)14-25-20(28)7-3-5-11-24-19-6-2-4-10-23-19;/h2,4,6,8-10,12,17H,3,5,7,11,13-14H2,1H3,(H,23,24)(H,25,28)(H,26,29)(H,30,31);. The second-order valence-corrected chi connectivity index (χ2v) is 7.40. The van der Waals surface area contributed by atoms with E-state index >= 15 is 0 Å². The number of carbonyl (C=O) groups is 3. The van der Waals surface area contributed by atoms with Gasteiger partial charge in [-0.1, -0.05) is 18.2 Å². The first-order valence-corrected chi connectivity index (χ1v) is 10.4. The summed E-state index contributed by atoms with van der Waals surface area (Å²) in [6.07, 6.45) is 2.82. The number of amides is 2. The second-order valence-electron chi connectivity index (χ2n) is 7.40. The van der Waals surface area contributed by atoms with Crippen LogP contribution in [0.4, 0.5) is 11.5 Å². The molecular formula is C22H27N5NaO6. The molecule has 0 saturated carbocycles. The number of carbonyl (C=O) groups excluding carboxylic acids is 2. The summed E-state index contributed by atoms with van der Waals surface area (Å²) in [5.41, 5.74) is 0.560.